The van der Waals surface area contributed by atoms with E-state index in [0.29, 0.717) is 0 Å². The third kappa shape index (κ3) is 7.35. The van der Waals surface area contributed by atoms with Crippen molar-refractivity contribution in [3.8, 4) is 0 Å². The summed E-state index contributed by atoms with van der Waals surface area (Å²) in [4.78, 5) is 15.5. The molecule has 1 amide bonds. The van der Waals surface area contributed by atoms with Crippen molar-refractivity contribution in [3.63, 3.8) is 0 Å². The monoisotopic (exact) mass is 430 g/mol. The number of rotatable bonds is 9. The van der Waals surface area contributed by atoms with Crippen molar-refractivity contribution in [1.82, 2.24) is 15.0 Å². The Morgan fingerprint density at radius 3 is 2.31 bits per heavy atom. The van der Waals surface area contributed by atoms with Crippen molar-refractivity contribution in [2.24, 2.45) is 0 Å². The third-order valence-corrected chi connectivity index (χ3v) is 5.30. The fourth-order valence-corrected chi connectivity index (χ4v) is 3.28. The van der Waals surface area contributed by atoms with Gasteiger partial charge in [-0.2, -0.15) is 13.2 Å². The Morgan fingerprint density at radius 2 is 1.72 bits per heavy atom. The number of anilines is 1. The normalized spacial score (nSPS) is 11.9. The largest absolute Gasteiger partial charge is 0.417 e. The number of halogens is 3. The predicted molar refractivity (Wildman–Crippen MR) is 102 cm³/mol. The summed E-state index contributed by atoms with van der Waals surface area (Å²) in [7, 11) is -3.68. The van der Waals surface area contributed by atoms with Gasteiger partial charge < -0.3 is 10.6 Å². The maximum Gasteiger partial charge on any atom is 0.417 e. The molecule has 0 aliphatic rings. The van der Waals surface area contributed by atoms with E-state index >= 15 is 0 Å². The number of nitrogens with zero attached hydrogens (tertiary/aromatic N) is 1. The average molecular weight is 430 g/mol. The second-order valence-electron chi connectivity index (χ2n) is 6.17. The van der Waals surface area contributed by atoms with Crippen LogP contribution in [0.1, 0.15) is 17.5 Å². The van der Waals surface area contributed by atoms with E-state index in [-0.39, 0.29) is 42.7 Å². The summed E-state index contributed by atoms with van der Waals surface area (Å²) in [6, 6.07) is 8.44. The smallest absolute Gasteiger partial charge is 0.368 e. The number of pyridine rings is 1. The minimum absolute atomic E-state index is 0.0520. The molecular formula is C18H21F3N4O3S. The number of aryl methyl sites for hydroxylation is 1. The molecule has 158 valence electrons. The van der Waals surface area contributed by atoms with Crippen LogP contribution in [0.5, 0.6) is 0 Å². The zero-order valence-corrected chi connectivity index (χ0v) is 16.4. The number of carbonyl (C=O) groups excluding carboxylic acids is 1. The molecule has 0 unspecified atom stereocenters. The minimum Gasteiger partial charge on any atom is -0.368 e. The number of amides is 1. The number of hydrogen-bond donors (Lipinski definition) is 3. The highest BCUT2D eigenvalue weighted by atomic mass is 32.2. The number of sulfonamides is 1. The topological polar surface area (TPSA) is 100 Å². The predicted octanol–water partition coefficient (Wildman–Crippen LogP) is 2.31. The van der Waals surface area contributed by atoms with E-state index in [1.165, 1.54) is 18.2 Å². The van der Waals surface area contributed by atoms with E-state index in [0.717, 1.165) is 17.8 Å². The molecule has 3 N–H and O–H groups in total. The van der Waals surface area contributed by atoms with Gasteiger partial charge in [-0.3, -0.25) is 4.79 Å². The first-order valence-electron chi connectivity index (χ1n) is 8.68. The molecule has 0 radical (unpaired) electrons. The van der Waals surface area contributed by atoms with E-state index in [4.69, 9.17) is 0 Å². The van der Waals surface area contributed by atoms with Gasteiger partial charge >= 0.3 is 6.18 Å². The van der Waals surface area contributed by atoms with Gasteiger partial charge in [0.1, 0.15) is 5.82 Å². The maximum atomic E-state index is 12.5. The lowest BCUT2D eigenvalue weighted by Crippen LogP contribution is -2.33. The molecule has 0 bridgehead atoms. The van der Waals surface area contributed by atoms with Crippen LogP contribution in [0, 0.1) is 6.92 Å². The maximum absolute atomic E-state index is 12.5. The van der Waals surface area contributed by atoms with Gasteiger partial charge in [0.25, 0.3) is 0 Å². The van der Waals surface area contributed by atoms with Gasteiger partial charge in [0.15, 0.2) is 0 Å². The molecule has 0 aliphatic heterocycles. The van der Waals surface area contributed by atoms with E-state index in [9.17, 15) is 26.4 Å². The highest BCUT2D eigenvalue weighted by Crippen LogP contribution is 2.28. The Hall–Kier alpha value is -2.66. The molecule has 1 aromatic carbocycles. The van der Waals surface area contributed by atoms with Crippen LogP contribution >= 0.6 is 0 Å². The Balaban J connectivity index is 1.66. The molecule has 1 aromatic heterocycles. The summed E-state index contributed by atoms with van der Waals surface area (Å²) in [5, 5.41) is 5.36. The van der Waals surface area contributed by atoms with Crippen molar-refractivity contribution in [3.05, 3.63) is 53.7 Å². The van der Waals surface area contributed by atoms with Gasteiger partial charge in [0.2, 0.25) is 15.9 Å². The number of aromatic nitrogens is 1. The van der Waals surface area contributed by atoms with Crippen LogP contribution in [0.15, 0.2) is 47.5 Å². The number of benzene rings is 1. The van der Waals surface area contributed by atoms with Crippen LogP contribution in [-0.2, 0) is 21.0 Å². The lowest BCUT2D eigenvalue weighted by Gasteiger charge is -2.10. The van der Waals surface area contributed by atoms with Gasteiger partial charge in [-0.15, -0.1) is 0 Å². The van der Waals surface area contributed by atoms with Crippen molar-refractivity contribution in [1.29, 1.82) is 0 Å². The molecule has 1 heterocycles. The summed E-state index contributed by atoms with van der Waals surface area (Å²) in [6.45, 7) is 2.23. The molecule has 0 saturated carbocycles. The van der Waals surface area contributed by atoms with E-state index in [2.05, 4.69) is 20.3 Å². The zero-order valence-electron chi connectivity index (χ0n) is 15.6. The standard InChI is InChI=1S/C18H21F3N4O3S/c1-13-2-5-15(6-3-13)29(27,28)25-9-8-17(26)23-11-10-22-16-7-4-14(12-24-16)18(19,20)21/h2-7,12,25H,8-11H2,1H3,(H,22,24)(H,23,26). The number of carbonyl (C=O) groups is 1. The van der Waals surface area contributed by atoms with E-state index < -0.39 is 21.8 Å². The lowest BCUT2D eigenvalue weighted by atomic mass is 10.2. The summed E-state index contributed by atoms with van der Waals surface area (Å²) in [5.74, 6) is -0.114. The fourth-order valence-electron chi connectivity index (χ4n) is 2.25. The molecule has 0 atom stereocenters. The molecule has 29 heavy (non-hydrogen) atoms. The van der Waals surface area contributed by atoms with Crippen LogP contribution < -0.4 is 15.4 Å². The summed E-state index contributed by atoms with van der Waals surface area (Å²) in [6.07, 6.45) is -3.77. The lowest BCUT2D eigenvalue weighted by molar-refractivity contribution is -0.137. The van der Waals surface area contributed by atoms with Gasteiger partial charge in [-0.1, -0.05) is 17.7 Å². The molecule has 0 saturated heterocycles. The van der Waals surface area contributed by atoms with Crippen LogP contribution in [0.25, 0.3) is 0 Å². The summed E-state index contributed by atoms with van der Waals surface area (Å²) >= 11 is 0. The van der Waals surface area contributed by atoms with Crippen molar-refractivity contribution >= 4 is 21.7 Å². The second kappa shape index (κ2) is 9.70. The van der Waals surface area contributed by atoms with E-state index in [1.54, 1.807) is 12.1 Å². The Labute approximate surface area is 166 Å². The van der Waals surface area contributed by atoms with Crippen molar-refractivity contribution < 1.29 is 26.4 Å². The zero-order chi connectivity index (χ0) is 21.5. The first kappa shape index (κ1) is 22.6. The molecule has 2 rings (SSSR count). The summed E-state index contributed by atoms with van der Waals surface area (Å²) < 4.78 is 63.9. The first-order chi connectivity index (χ1) is 13.6. The van der Waals surface area contributed by atoms with Crippen LogP contribution in [0.2, 0.25) is 0 Å². The molecule has 7 nitrogen and oxygen atoms in total. The van der Waals surface area contributed by atoms with Crippen molar-refractivity contribution in [2.75, 3.05) is 25.0 Å². The van der Waals surface area contributed by atoms with Crippen LogP contribution in [-0.4, -0.2) is 38.9 Å². The van der Waals surface area contributed by atoms with Gasteiger partial charge in [0.05, 0.1) is 10.5 Å². The molecule has 0 spiro atoms. The molecule has 0 aliphatic carbocycles. The molecule has 2 aromatic rings. The SMILES string of the molecule is Cc1ccc(S(=O)(=O)NCCC(=O)NCCNc2ccc(C(F)(F)F)cn2)cc1. The van der Waals surface area contributed by atoms with Gasteiger partial charge in [-0.25, -0.2) is 18.1 Å². The third-order valence-electron chi connectivity index (χ3n) is 3.82. The first-order valence-corrected chi connectivity index (χ1v) is 10.2. The fraction of sp³-hybridized carbons (Fsp3) is 0.333. The molecule has 11 heteroatoms. The average Bonchev–Trinajstić information content (AvgIpc) is 2.65. The Morgan fingerprint density at radius 1 is 1.03 bits per heavy atom. The van der Waals surface area contributed by atoms with Crippen LogP contribution in [0.3, 0.4) is 0 Å². The number of nitrogens with one attached hydrogen (secondary N) is 3. The highest BCUT2D eigenvalue weighted by Gasteiger charge is 2.30. The summed E-state index contributed by atoms with van der Waals surface area (Å²) in [5.41, 5.74) is 0.0906. The number of alkyl halides is 3. The number of hydrogen-bond acceptors (Lipinski definition) is 5. The second-order valence-corrected chi connectivity index (χ2v) is 7.93. The van der Waals surface area contributed by atoms with Gasteiger partial charge in [-0.05, 0) is 31.2 Å². The van der Waals surface area contributed by atoms with Gasteiger partial charge in [0, 0.05) is 32.3 Å². The van der Waals surface area contributed by atoms with Crippen LogP contribution in [0.4, 0.5) is 19.0 Å². The van der Waals surface area contributed by atoms with Crippen molar-refractivity contribution in [2.45, 2.75) is 24.4 Å². The molecular weight excluding hydrogens is 409 g/mol. The molecule has 0 fully saturated rings. The minimum atomic E-state index is -4.44. The Kier molecular flexibility index (Phi) is 7.57. The highest BCUT2D eigenvalue weighted by molar-refractivity contribution is 7.89. The Bertz CT molecular complexity index is 915. The quantitative estimate of drug-likeness (QED) is 0.530. The van der Waals surface area contributed by atoms with E-state index in [1.807, 2.05) is 6.92 Å².